The molecule has 23 heavy (non-hydrogen) atoms. The smallest absolute Gasteiger partial charge is 0.262 e. The molecule has 0 aliphatic rings. The van der Waals surface area contributed by atoms with Crippen molar-refractivity contribution in [3.63, 3.8) is 0 Å². The molecule has 0 saturated carbocycles. The summed E-state index contributed by atoms with van der Waals surface area (Å²) in [5.41, 5.74) is 0.575. The van der Waals surface area contributed by atoms with Gasteiger partial charge in [-0.15, -0.1) is 10.2 Å². The molecule has 0 radical (unpaired) electrons. The Morgan fingerprint density at radius 3 is 2.52 bits per heavy atom. The van der Waals surface area contributed by atoms with E-state index in [2.05, 4.69) is 20.5 Å². The van der Waals surface area contributed by atoms with Crippen LogP contribution in [0.5, 0.6) is 5.75 Å². The van der Waals surface area contributed by atoms with Crippen LogP contribution in [0.2, 0.25) is 5.02 Å². The van der Waals surface area contributed by atoms with E-state index in [1.165, 1.54) is 0 Å². The van der Waals surface area contributed by atoms with Crippen LogP contribution >= 0.6 is 11.6 Å². The number of nitrogens with one attached hydrogen (secondary N) is 1. The van der Waals surface area contributed by atoms with Crippen LogP contribution in [0.25, 0.3) is 5.82 Å². The number of hydrogen-bond donors (Lipinski definition) is 1. The Labute approximate surface area is 136 Å². The van der Waals surface area contributed by atoms with Gasteiger partial charge in [0.05, 0.1) is 11.9 Å². The van der Waals surface area contributed by atoms with Crippen molar-refractivity contribution in [2.45, 2.75) is 0 Å². The zero-order chi connectivity index (χ0) is 16.1. The van der Waals surface area contributed by atoms with Crippen LogP contribution in [0.3, 0.4) is 0 Å². The fraction of sp³-hybridized carbons (Fsp3) is 0.0667. The molecule has 1 N–H and O–H groups in total. The van der Waals surface area contributed by atoms with Crippen molar-refractivity contribution >= 4 is 23.2 Å². The first kappa shape index (κ1) is 15.0. The van der Waals surface area contributed by atoms with Gasteiger partial charge in [0.1, 0.15) is 24.2 Å². The van der Waals surface area contributed by atoms with Gasteiger partial charge in [0.15, 0.2) is 6.61 Å². The monoisotopic (exact) mass is 329 g/mol. The second-order valence-electron chi connectivity index (χ2n) is 4.56. The van der Waals surface area contributed by atoms with E-state index < -0.39 is 0 Å². The molecule has 0 saturated heterocycles. The van der Waals surface area contributed by atoms with Crippen molar-refractivity contribution in [2.75, 3.05) is 11.9 Å². The van der Waals surface area contributed by atoms with E-state index in [1.807, 2.05) is 0 Å². The Hall–Kier alpha value is -2.93. The van der Waals surface area contributed by atoms with Crippen molar-refractivity contribution < 1.29 is 9.53 Å². The second kappa shape index (κ2) is 6.89. The maximum atomic E-state index is 11.9. The Morgan fingerprint density at radius 2 is 1.87 bits per heavy atom. The molecule has 116 valence electrons. The number of ether oxygens (including phenoxy) is 1. The highest BCUT2D eigenvalue weighted by atomic mass is 35.5. The molecular weight excluding hydrogens is 318 g/mol. The summed E-state index contributed by atoms with van der Waals surface area (Å²) in [5, 5.41) is 10.7. The quantitative estimate of drug-likeness (QED) is 0.777. The Bertz CT molecular complexity index is 773. The van der Waals surface area contributed by atoms with Crippen molar-refractivity contribution in [1.29, 1.82) is 0 Å². The number of carbonyl (C=O) groups is 1. The van der Waals surface area contributed by atoms with Crippen LogP contribution < -0.4 is 10.1 Å². The topological polar surface area (TPSA) is 81.9 Å². The highest BCUT2D eigenvalue weighted by Crippen LogP contribution is 2.15. The number of amides is 1. The SMILES string of the molecule is O=C(COc1ccc(Cl)cc1)Nc1ccc(-n2cnnc2)nc1. The minimum absolute atomic E-state index is 0.102. The molecule has 3 aromatic rings. The van der Waals surface area contributed by atoms with E-state index in [0.717, 1.165) is 0 Å². The van der Waals surface area contributed by atoms with Gasteiger partial charge in [0.2, 0.25) is 0 Å². The van der Waals surface area contributed by atoms with Gasteiger partial charge >= 0.3 is 0 Å². The summed E-state index contributed by atoms with van der Waals surface area (Å²) >= 11 is 5.78. The minimum atomic E-state index is -0.279. The van der Waals surface area contributed by atoms with Gasteiger partial charge in [0.25, 0.3) is 5.91 Å². The standard InChI is InChI=1S/C15H12ClN5O2/c16-11-1-4-13(5-2-11)23-8-15(22)20-12-3-6-14(17-7-12)21-9-18-19-10-21/h1-7,9-10H,8H2,(H,20,22). The van der Waals surface area contributed by atoms with E-state index in [1.54, 1.807) is 59.8 Å². The van der Waals surface area contributed by atoms with Gasteiger partial charge in [-0.3, -0.25) is 9.36 Å². The fourth-order valence-corrected chi connectivity index (χ4v) is 1.93. The lowest BCUT2D eigenvalue weighted by molar-refractivity contribution is -0.118. The molecule has 0 bridgehead atoms. The van der Waals surface area contributed by atoms with Crippen molar-refractivity contribution in [2.24, 2.45) is 0 Å². The first-order valence-corrected chi connectivity index (χ1v) is 7.08. The van der Waals surface area contributed by atoms with Crippen LogP contribution in [0.1, 0.15) is 0 Å². The molecule has 1 aromatic carbocycles. The number of carbonyl (C=O) groups excluding carboxylic acids is 1. The zero-order valence-corrected chi connectivity index (χ0v) is 12.6. The van der Waals surface area contributed by atoms with Gasteiger partial charge in [-0.1, -0.05) is 11.6 Å². The number of nitrogens with zero attached hydrogens (tertiary/aromatic N) is 4. The number of anilines is 1. The fourth-order valence-electron chi connectivity index (χ4n) is 1.81. The Balaban J connectivity index is 1.54. The molecule has 0 unspecified atom stereocenters. The van der Waals surface area contributed by atoms with Crippen molar-refractivity contribution in [1.82, 2.24) is 19.7 Å². The molecule has 0 atom stereocenters. The largest absolute Gasteiger partial charge is 0.484 e. The summed E-state index contributed by atoms with van der Waals surface area (Å²) in [6, 6.07) is 10.3. The molecule has 0 fully saturated rings. The molecule has 2 aromatic heterocycles. The number of halogens is 1. The molecule has 0 aliphatic heterocycles. The maximum absolute atomic E-state index is 11.9. The third kappa shape index (κ3) is 4.04. The lowest BCUT2D eigenvalue weighted by atomic mass is 10.3. The van der Waals surface area contributed by atoms with E-state index in [4.69, 9.17) is 16.3 Å². The van der Waals surface area contributed by atoms with E-state index in [9.17, 15) is 4.79 Å². The first-order chi connectivity index (χ1) is 11.2. The van der Waals surface area contributed by atoms with Crippen LogP contribution in [0.15, 0.2) is 55.2 Å². The second-order valence-corrected chi connectivity index (χ2v) is 5.00. The van der Waals surface area contributed by atoms with Crippen LogP contribution in [0.4, 0.5) is 5.69 Å². The van der Waals surface area contributed by atoms with Crippen LogP contribution in [-0.4, -0.2) is 32.3 Å². The first-order valence-electron chi connectivity index (χ1n) is 6.70. The van der Waals surface area contributed by atoms with Gasteiger partial charge in [-0.25, -0.2) is 4.98 Å². The van der Waals surface area contributed by atoms with E-state index >= 15 is 0 Å². The molecule has 3 rings (SSSR count). The highest BCUT2D eigenvalue weighted by Gasteiger charge is 2.05. The van der Waals surface area contributed by atoms with Gasteiger partial charge in [-0.05, 0) is 36.4 Å². The number of pyridine rings is 1. The lowest BCUT2D eigenvalue weighted by Gasteiger charge is -2.08. The summed E-state index contributed by atoms with van der Waals surface area (Å²) in [5.74, 6) is 0.954. The van der Waals surface area contributed by atoms with Crippen LogP contribution in [-0.2, 0) is 4.79 Å². The van der Waals surface area contributed by atoms with Crippen molar-refractivity contribution in [3.05, 3.63) is 60.3 Å². The molecule has 7 nitrogen and oxygen atoms in total. The summed E-state index contributed by atoms with van der Waals surface area (Å²) in [7, 11) is 0. The minimum Gasteiger partial charge on any atom is -0.484 e. The lowest BCUT2D eigenvalue weighted by Crippen LogP contribution is -2.20. The van der Waals surface area contributed by atoms with E-state index in [0.29, 0.717) is 22.3 Å². The maximum Gasteiger partial charge on any atom is 0.262 e. The molecule has 2 heterocycles. The summed E-state index contributed by atoms with van der Waals surface area (Å²) in [4.78, 5) is 16.1. The summed E-state index contributed by atoms with van der Waals surface area (Å²) < 4.78 is 7.03. The van der Waals surface area contributed by atoms with Gasteiger partial charge in [0, 0.05) is 5.02 Å². The predicted molar refractivity (Wildman–Crippen MR) is 84.7 cm³/mol. The summed E-state index contributed by atoms with van der Waals surface area (Å²) in [6.45, 7) is -0.102. The summed E-state index contributed by atoms with van der Waals surface area (Å²) in [6.07, 6.45) is 4.64. The molecule has 0 spiro atoms. The number of rotatable bonds is 5. The number of hydrogen-bond acceptors (Lipinski definition) is 5. The highest BCUT2D eigenvalue weighted by molar-refractivity contribution is 6.30. The Morgan fingerprint density at radius 1 is 1.13 bits per heavy atom. The normalized spacial score (nSPS) is 10.3. The third-order valence-electron chi connectivity index (χ3n) is 2.90. The zero-order valence-electron chi connectivity index (χ0n) is 11.9. The molecule has 1 amide bonds. The predicted octanol–water partition coefficient (Wildman–Crippen LogP) is 2.33. The molecule has 0 aliphatic carbocycles. The molecular formula is C15H12ClN5O2. The van der Waals surface area contributed by atoms with Gasteiger partial charge < -0.3 is 10.1 Å². The number of benzene rings is 1. The van der Waals surface area contributed by atoms with E-state index in [-0.39, 0.29) is 12.5 Å². The van der Waals surface area contributed by atoms with Crippen LogP contribution in [0, 0.1) is 0 Å². The average molecular weight is 330 g/mol. The molecule has 8 heteroatoms. The van der Waals surface area contributed by atoms with Crippen molar-refractivity contribution in [3.8, 4) is 11.6 Å². The average Bonchev–Trinajstić information content (AvgIpc) is 3.09. The van der Waals surface area contributed by atoms with Gasteiger partial charge in [-0.2, -0.15) is 0 Å². The third-order valence-corrected chi connectivity index (χ3v) is 3.15. The Kier molecular flexibility index (Phi) is 4.49. The number of aromatic nitrogens is 4.